The maximum Gasteiger partial charge on any atom is 0.265 e. The smallest absolute Gasteiger partial charge is 0.265 e. The zero-order valence-corrected chi connectivity index (χ0v) is 6.13. The van der Waals surface area contributed by atoms with E-state index in [2.05, 4.69) is 0 Å². The van der Waals surface area contributed by atoms with Crippen molar-refractivity contribution in [3.05, 3.63) is 0 Å². The van der Waals surface area contributed by atoms with E-state index in [4.69, 9.17) is 21.8 Å². The van der Waals surface area contributed by atoms with Gasteiger partial charge in [0, 0.05) is 6.42 Å². The van der Waals surface area contributed by atoms with Crippen molar-refractivity contribution >= 4 is 10.1 Å². The van der Waals surface area contributed by atoms with E-state index < -0.39 is 21.7 Å². The Hall–Kier alpha value is -0.210. The van der Waals surface area contributed by atoms with E-state index >= 15 is 0 Å². The molecule has 0 saturated heterocycles. The number of nitrogens with two attached hydrogens (primary N) is 3. The van der Waals surface area contributed by atoms with Crippen LogP contribution in [0.1, 0.15) is 6.42 Å². The van der Waals surface area contributed by atoms with Gasteiger partial charge in [-0.05, 0) is 0 Å². The van der Waals surface area contributed by atoms with Crippen molar-refractivity contribution in [1.82, 2.24) is 0 Å². The number of hydrogen-bond donors (Lipinski definition) is 4. The Kier molecular flexibility index (Phi) is 2.75. The summed E-state index contributed by atoms with van der Waals surface area (Å²) in [6.07, 6.45) is -0.175. The van der Waals surface area contributed by atoms with Gasteiger partial charge in [0.25, 0.3) is 10.1 Å². The molecule has 0 atom stereocenters. The van der Waals surface area contributed by atoms with Crippen LogP contribution in [-0.4, -0.2) is 24.5 Å². The minimum Gasteiger partial charge on any atom is -0.301 e. The van der Waals surface area contributed by atoms with Crippen LogP contribution in [0.5, 0.6) is 0 Å². The lowest BCUT2D eigenvalue weighted by atomic mass is 10.3. The van der Waals surface area contributed by atoms with Crippen molar-refractivity contribution in [3.63, 3.8) is 0 Å². The first kappa shape index (κ1) is 9.79. The van der Waals surface area contributed by atoms with Crippen molar-refractivity contribution < 1.29 is 13.0 Å². The summed E-state index contributed by atoms with van der Waals surface area (Å²) in [6.45, 7) is 0. The summed E-state index contributed by atoms with van der Waals surface area (Å²) in [5, 5.41) is 0. The average molecular weight is 169 g/mol. The lowest BCUT2D eigenvalue weighted by Crippen LogP contribution is -2.58. The largest absolute Gasteiger partial charge is 0.301 e. The Labute approximate surface area is 59.1 Å². The van der Waals surface area contributed by atoms with Gasteiger partial charge < -0.3 is 17.2 Å². The fourth-order valence-corrected chi connectivity index (χ4v) is 0.917. The molecule has 0 heterocycles. The Bertz CT molecular complexity index is 192. The molecule has 10 heavy (non-hydrogen) atoms. The predicted molar refractivity (Wildman–Crippen MR) is 36.3 cm³/mol. The molecule has 7 N–H and O–H groups in total. The molecule has 0 aliphatic carbocycles. The van der Waals surface area contributed by atoms with Gasteiger partial charge in [-0.25, -0.2) is 0 Å². The minimum atomic E-state index is -4.00. The molecule has 0 saturated carbocycles. The first-order valence-corrected chi connectivity index (χ1v) is 4.13. The highest BCUT2D eigenvalue weighted by Gasteiger charge is 2.15. The standard InChI is InChI=1S/C3H11N3O3S/c4-3(5,6)1-2-10(7,8)9/h1-2,4-6H2,(H,7,8,9). The van der Waals surface area contributed by atoms with E-state index in [1.165, 1.54) is 0 Å². The lowest BCUT2D eigenvalue weighted by Gasteiger charge is -2.16. The highest BCUT2D eigenvalue weighted by Crippen LogP contribution is 1.92. The van der Waals surface area contributed by atoms with Gasteiger partial charge in [0.2, 0.25) is 0 Å². The monoisotopic (exact) mass is 169 g/mol. The fraction of sp³-hybridized carbons (Fsp3) is 1.00. The van der Waals surface area contributed by atoms with Crippen LogP contribution < -0.4 is 17.2 Å². The molecule has 62 valence electrons. The quantitative estimate of drug-likeness (QED) is 0.280. The summed E-state index contributed by atoms with van der Waals surface area (Å²) in [5.41, 5.74) is 15.1. The Morgan fingerprint density at radius 1 is 1.30 bits per heavy atom. The van der Waals surface area contributed by atoms with E-state index in [0.29, 0.717) is 0 Å². The van der Waals surface area contributed by atoms with E-state index in [0.717, 1.165) is 0 Å². The van der Waals surface area contributed by atoms with Crippen LogP contribution in [0.25, 0.3) is 0 Å². The van der Waals surface area contributed by atoms with Gasteiger partial charge in [0.05, 0.1) is 5.75 Å². The Balaban J connectivity index is 3.79. The van der Waals surface area contributed by atoms with Crippen LogP contribution in [-0.2, 0) is 10.1 Å². The van der Waals surface area contributed by atoms with Crippen LogP contribution in [0.15, 0.2) is 0 Å². The second-order valence-electron chi connectivity index (χ2n) is 2.15. The molecule has 6 nitrogen and oxygen atoms in total. The first-order chi connectivity index (χ1) is 4.21. The molecular formula is C3H11N3O3S. The van der Waals surface area contributed by atoms with Gasteiger partial charge in [0.1, 0.15) is 5.79 Å². The van der Waals surface area contributed by atoms with Crippen molar-refractivity contribution in [3.8, 4) is 0 Å². The highest BCUT2D eigenvalue weighted by molar-refractivity contribution is 7.85. The molecule has 0 aromatic rings. The van der Waals surface area contributed by atoms with Crippen molar-refractivity contribution in [2.75, 3.05) is 5.75 Å². The Morgan fingerprint density at radius 3 is 1.80 bits per heavy atom. The number of hydrogen-bond acceptors (Lipinski definition) is 5. The zero-order valence-electron chi connectivity index (χ0n) is 5.32. The normalized spacial score (nSPS) is 13.6. The van der Waals surface area contributed by atoms with Gasteiger partial charge in [-0.15, -0.1) is 0 Å². The molecule has 0 bridgehead atoms. The molecule has 0 spiro atoms. The molecule has 0 aromatic carbocycles. The van der Waals surface area contributed by atoms with Crippen molar-refractivity contribution in [1.29, 1.82) is 0 Å². The molecule has 0 aliphatic heterocycles. The maximum atomic E-state index is 10.1. The summed E-state index contributed by atoms with van der Waals surface area (Å²) in [6, 6.07) is 0. The molecule has 0 unspecified atom stereocenters. The van der Waals surface area contributed by atoms with Gasteiger partial charge in [-0.3, -0.25) is 4.55 Å². The third kappa shape index (κ3) is 7.79. The zero-order chi connectivity index (χ0) is 8.41. The summed E-state index contributed by atoms with van der Waals surface area (Å²) < 4.78 is 28.3. The van der Waals surface area contributed by atoms with Crippen LogP contribution >= 0.6 is 0 Å². The SMILES string of the molecule is NC(N)(N)CCS(=O)(=O)O. The third-order valence-electron chi connectivity index (χ3n) is 0.793. The molecule has 0 aromatic heterocycles. The van der Waals surface area contributed by atoms with Crippen LogP contribution in [0.4, 0.5) is 0 Å². The van der Waals surface area contributed by atoms with Crippen LogP contribution in [0.2, 0.25) is 0 Å². The summed E-state index contributed by atoms with van der Waals surface area (Å²) in [7, 11) is -4.00. The van der Waals surface area contributed by atoms with E-state index in [-0.39, 0.29) is 6.42 Å². The van der Waals surface area contributed by atoms with Gasteiger partial charge in [-0.1, -0.05) is 0 Å². The molecule has 0 rings (SSSR count). The summed E-state index contributed by atoms with van der Waals surface area (Å²) >= 11 is 0. The van der Waals surface area contributed by atoms with E-state index in [1.807, 2.05) is 0 Å². The topological polar surface area (TPSA) is 132 Å². The molecule has 0 fully saturated rings. The van der Waals surface area contributed by atoms with Crippen molar-refractivity contribution in [2.45, 2.75) is 12.2 Å². The van der Waals surface area contributed by atoms with Crippen LogP contribution in [0.3, 0.4) is 0 Å². The molecule has 0 radical (unpaired) electrons. The first-order valence-electron chi connectivity index (χ1n) is 2.52. The predicted octanol–water partition coefficient (Wildman–Crippen LogP) is -2.21. The average Bonchev–Trinajstić information content (AvgIpc) is 1.57. The fourth-order valence-electron chi connectivity index (χ4n) is 0.306. The highest BCUT2D eigenvalue weighted by atomic mass is 32.2. The molecular weight excluding hydrogens is 158 g/mol. The van der Waals surface area contributed by atoms with Gasteiger partial charge in [-0.2, -0.15) is 8.42 Å². The second-order valence-corrected chi connectivity index (χ2v) is 3.72. The summed E-state index contributed by atoms with van der Waals surface area (Å²) in [5.74, 6) is -2.05. The maximum absolute atomic E-state index is 10.1. The number of rotatable bonds is 3. The summed E-state index contributed by atoms with van der Waals surface area (Å²) in [4.78, 5) is 0. The molecule has 7 heteroatoms. The molecule has 0 amide bonds. The minimum absolute atomic E-state index is 0.175. The van der Waals surface area contributed by atoms with Crippen LogP contribution in [0, 0.1) is 0 Å². The van der Waals surface area contributed by atoms with Crippen molar-refractivity contribution in [2.24, 2.45) is 17.2 Å². The van der Waals surface area contributed by atoms with Gasteiger partial charge in [0.15, 0.2) is 0 Å². The lowest BCUT2D eigenvalue weighted by molar-refractivity contribution is 0.426. The van der Waals surface area contributed by atoms with E-state index in [9.17, 15) is 8.42 Å². The molecule has 0 aliphatic rings. The second kappa shape index (κ2) is 2.81. The third-order valence-corrected chi connectivity index (χ3v) is 1.51. The van der Waals surface area contributed by atoms with Gasteiger partial charge >= 0.3 is 0 Å². The Morgan fingerprint density at radius 2 is 1.70 bits per heavy atom. The van der Waals surface area contributed by atoms with E-state index in [1.54, 1.807) is 0 Å².